The van der Waals surface area contributed by atoms with Gasteiger partial charge in [0.2, 0.25) is 0 Å². The molecule has 0 saturated heterocycles. The van der Waals surface area contributed by atoms with Crippen LogP contribution in [0.1, 0.15) is 12.5 Å². The van der Waals surface area contributed by atoms with Gasteiger partial charge in [-0.1, -0.05) is 18.2 Å². The van der Waals surface area contributed by atoms with Crippen molar-refractivity contribution < 1.29 is 14.8 Å². The number of nitrogens with zero attached hydrogens (tertiary/aromatic N) is 2. The van der Waals surface area contributed by atoms with E-state index in [9.17, 15) is 14.9 Å². The van der Waals surface area contributed by atoms with Crippen LogP contribution in [0.15, 0.2) is 24.3 Å². The molecule has 0 atom stereocenters. The molecule has 1 aromatic rings. The monoisotopic (exact) mass is 267 g/mol. The van der Waals surface area contributed by atoms with E-state index in [4.69, 9.17) is 5.11 Å². The molecule has 0 aliphatic heterocycles. The van der Waals surface area contributed by atoms with Crippen LogP contribution in [0.5, 0.6) is 0 Å². The largest absolute Gasteiger partial charge is 0.395 e. The van der Waals surface area contributed by atoms with Gasteiger partial charge in [-0.2, -0.15) is 0 Å². The lowest BCUT2D eigenvalue weighted by Gasteiger charge is -2.20. The average molecular weight is 267 g/mol. The molecule has 2 N–H and O–H groups in total. The lowest BCUT2D eigenvalue weighted by Crippen LogP contribution is -2.41. The summed E-state index contributed by atoms with van der Waals surface area (Å²) in [5.74, 6) is 0. The number of rotatable bonds is 6. The minimum absolute atomic E-state index is 0.0204. The molecule has 104 valence electrons. The van der Waals surface area contributed by atoms with Crippen molar-refractivity contribution in [2.75, 3.05) is 19.7 Å². The van der Waals surface area contributed by atoms with Crippen LogP contribution < -0.4 is 5.32 Å². The van der Waals surface area contributed by atoms with Crippen LogP contribution in [0, 0.1) is 10.1 Å². The highest BCUT2D eigenvalue weighted by Gasteiger charge is 2.15. The number of nitrogens with one attached hydrogen (secondary N) is 1. The quantitative estimate of drug-likeness (QED) is 0.596. The Bertz CT molecular complexity index is 450. The highest BCUT2D eigenvalue weighted by molar-refractivity contribution is 5.74. The lowest BCUT2D eigenvalue weighted by atomic mass is 10.2. The van der Waals surface area contributed by atoms with E-state index in [1.54, 1.807) is 25.1 Å². The first-order chi connectivity index (χ1) is 9.10. The van der Waals surface area contributed by atoms with Gasteiger partial charge in [0.25, 0.3) is 5.69 Å². The maximum absolute atomic E-state index is 11.8. The molecule has 0 spiro atoms. The van der Waals surface area contributed by atoms with Crippen LogP contribution in [-0.2, 0) is 6.54 Å². The van der Waals surface area contributed by atoms with Crippen LogP contribution >= 0.6 is 0 Å². The second-order valence-electron chi connectivity index (χ2n) is 3.85. The van der Waals surface area contributed by atoms with Crippen molar-refractivity contribution in [3.05, 3.63) is 39.9 Å². The van der Waals surface area contributed by atoms with Crippen molar-refractivity contribution in [2.24, 2.45) is 0 Å². The predicted octanol–water partition coefficient (Wildman–Crippen LogP) is 1.12. The number of aliphatic hydroxyl groups excluding tert-OH is 1. The van der Waals surface area contributed by atoms with Gasteiger partial charge < -0.3 is 15.3 Å². The number of carbonyl (C=O) groups is 1. The third-order valence-corrected chi connectivity index (χ3v) is 2.66. The fourth-order valence-corrected chi connectivity index (χ4v) is 1.65. The van der Waals surface area contributed by atoms with Crippen molar-refractivity contribution in [3.63, 3.8) is 0 Å². The minimum atomic E-state index is -0.479. The van der Waals surface area contributed by atoms with Gasteiger partial charge in [0.05, 0.1) is 18.1 Å². The van der Waals surface area contributed by atoms with E-state index < -0.39 is 4.92 Å². The summed E-state index contributed by atoms with van der Waals surface area (Å²) >= 11 is 0. The van der Waals surface area contributed by atoms with Gasteiger partial charge in [-0.05, 0) is 6.92 Å². The summed E-state index contributed by atoms with van der Waals surface area (Å²) in [5.41, 5.74) is 0.425. The number of benzene rings is 1. The number of nitro groups is 1. The van der Waals surface area contributed by atoms with E-state index in [0.29, 0.717) is 12.1 Å². The minimum Gasteiger partial charge on any atom is -0.395 e. The summed E-state index contributed by atoms with van der Waals surface area (Å²) in [6.07, 6.45) is 0. The molecule has 0 heterocycles. The number of amides is 2. The number of para-hydroxylation sites is 1. The molecule has 7 nitrogen and oxygen atoms in total. The first-order valence-electron chi connectivity index (χ1n) is 5.96. The summed E-state index contributed by atoms with van der Waals surface area (Å²) in [5, 5.41) is 22.2. The normalized spacial score (nSPS) is 10.0. The number of carbonyl (C=O) groups excluding carboxylic acids is 1. The molecule has 2 amide bonds. The van der Waals surface area contributed by atoms with Crippen molar-refractivity contribution in [3.8, 4) is 0 Å². The summed E-state index contributed by atoms with van der Waals surface area (Å²) in [4.78, 5) is 23.5. The lowest BCUT2D eigenvalue weighted by molar-refractivity contribution is -0.385. The molecule has 0 bridgehead atoms. The number of urea groups is 1. The van der Waals surface area contributed by atoms with Crippen molar-refractivity contribution in [2.45, 2.75) is 13.5 Å². The molecule has 0 unspecified atom stereocenters. The Morgan fingerprint density at radius 2 is 2.16 bits per heavy atom. The number of nitro benzene ring substituents is 1. The average Bonchev–Trinajstić information content (AvgIpc) is 2.42. The zero-order chi connectivity index (χ0) is 14.3. The van der Waals surface area contributed by atoms with E-state index in [1.807, 2.05) is 0 Å². The Kier molecular flexibility index (Phi) is 5.74. The van der Waals surface area contributed by atoms with Crippen LogP contribution in [-0.4, -0.2) is 40.7 Å². The Hall–Kier alpha value is -2.15. The maximum Gasteiger partial charge on any atom is 0.317 e. The van der Waals surface area contributed by atoms with Gasteiger partial charge in [-0.3, -0.25) is 10.1 Å². The number of hydrogen-bond donors (Lipinski definition) is 2. The number of likely N-dealkylation sites (N-methyl/N-ethyl adjacent to an activating group) is 1. The second-order valence-corrected chi connectivity index (χ2v) is 3.85. The number of aliphatic hydroxyl groups is 1. The van der Waals surface area contributed by atoms with Crippen LogP contribution in [0.3, 0.4) is 0 Å². The predicted molar refractivity (Wildman–Crippen MR) is 69.7 cm³/mol. The topological polar surface area (TPSA) is 95.7 Å². The van der Waals surface area contributed by atoms with E-state index in [0.717, 1.165) is 0 Å². The van der Waals surface area contributed by atoms with Crippen molar-refractivity contribution in [1.82, 2.24) is 10.2 Å². The van der Waals surface area contributed by atoms with E-state index in [1.165, 1.54) is 11.0 Å². The van der Waals surface area contributed by atoms with Gasteiger partial charge in [0.15, 0.2) is 0 Å². The van der Waals surface area contributed by atoms with Crippen LogP contribution in [0.2, 0.25) is 0 Å². The Balaban J connectivity index is 2.66. The van der Waals surface area contributed by atoms with Gasteiger partial charge in [0, 0.05) is 24.7 Å². The first kappa shape index (κ1) is 14.9. The molecular formula is C12H17N3O4. The molecule has 0 fully saturated rings. The summed E-state index contributed by atoms with van der Waals surface area (Å²) in [6.45, 7) is 2.45. The Morgan fingerprint density at radius 1 is 1.47 bits per heavy atom. The highest BCUT2D eigenvalue weighted by Crippen LogP contribution is 2.17. The molecule has 0 aliphatic rings. The highest BCUT2D eigenvalue weighted by atomic mass is 16.6. The summed E-state index contributed by atoms with van der Waals surface area (Å²) in [6, 6.07) is 5.90. The zero-order valence-electron chi connectivity index (χ0n) is 10.7. The first-order valence-corrected chi connectivity index (χ1v) is 5.96. The molecule has 0 aliphatic carbocycles. The molecule has 7 heteroatoms. The van der Waals surface area contributed by atoms with Gasteiger partial charge >= 0.3 is 6.03 Å². The summed E-state index contributed by atoms with van der Waals surface area (Å²) < 4.78 is 0. The van der Waals surface area contributed by atoms with E-state index >= 15 is 0 Å². The van der Waals surface area contributed by atoms with Crippen LogP contribution in [0.4, 0.5) is 10.5 Å². The molecule has 19 heavy (non-hydrogen) atoms. The fourth-order valence-electron chi connectivity index (χ4n) is 1.65. The Morgan fingerprint density at radius 3 is 2.74 bits per heavy atom. The van der Waals surface area contributed by atoms with Gasteiger partial charge in [-0.25, -0.2) is 4.79 Å². The SMILES string of the molecule is CCN(CCO)C(=O)NCc1ccccc1[N+](=O)[O-]. The molecule has 0 radical (unpaired) electrons. The molecular weight excluding hydrogens is 250 g/mol. The van der Waals surface area contributed by atoms with E-state index in [-0.39, 0.29) is 31.4 Å². The molecule has 0 aromatic heterocycles. The number of hydrogen-bond acceptors (Lipinski definition) is 4. The smallest absolute Gasteiger partial charge is 0.317 e. The standard InChI is InChI=1S/C12H17N3O4/c1-2-14(7-8-16)12(17)13-9-10-5-3-4-6-11(10)15(18)19/h3-6,16H,2,7-9H2,1H3,(H,13,17). The van der Waals surface area contributed by atoms with Crippen LogP contribution in [0.25, 0.3) is 0 Å². The molecule has 0 saturated carbocycles. The maximum atomic E-state index is 11.8. The zero-order valence-corrected chi connectivity index (χ0v) is 10.7. The molecule has 1 rings (SSSR count). The van der Waals surface area contributed by atoms with Gasteiger partial charge in [-0.15, -0.1) is 0 Å². The molecule has 1 aromatic carbocycles. The third kappa shape index (κ3) is 4.22. The Labute approximate surface area is 111 Å². The van der Waals surface area contributed by atoms with Crippen molar-refractivity contribution >= 4 is 11.7 Å². The third-order valence-electron chi connectivity index (χ3n) is 2.66. The van der Waals surface area contributed by atoms with Gasteiger partial charge in [0.1, 0.15) is 0 Å². The summed E-state index contributed by atoms with van der Waals surface area (Å²) in [7, 11) is 0. The van der Waals surface area contributed by atoms with E-state index in [2.05, 4.69) is 5.32 Å². The second kappa shape index (κ2) is 7.32. The fraction of sp³-hybridized carbons (Fsp3) is 0.417. The van der Waals surface area contributed by atoms with Crippen molar-refractivity contribution in [1.29, 1.82) is 0 Å².